The number of anilines is 1. The van der Waals surface area contributed by atoms with Gasteiger partial charge >= 0.3 is 0 Å². The third-order valence-electron chi connectivity index (χ3n) is 5.95. The molecule has 3 aromatic rings. The number of hydrogen-bond acceptors (Lipinski definition) is 4. The molecule has 1 aliphatic rings. The number of aryl methyl sites for hydroxylation is 1. The minimum absolute atomic E-state index is 0.104. The van der Waals surface area contributed by atoms with Crippen LogP contribution in [-0.2, 0) is 9.59 Å². The minimum atomic E-state index is -0.933. The van der Waals surface area contributed by atoms with Crippen LogP contribution in [0.5, 0.6) is 0 Å². The number of amides is 3. The van der Waals surface area contributed by atoms with Crippen LogP contribution in [0.2, 0.25) is 0 Å². The summed E-state index contributed by atoms with van der Waals surface area (Å²) in [6.07, 6.45) is -0.104. The maximum atomic E-state index is 13.6. The summed E-state index contributed by atoms with van der Waals surface area (Å²) in [7, 11) is 0. The number of benzene rings is 3. The summed E-state index contributed by atoms with van der Waals surface area (Å²) in [4.78, 5) is 42.7. The van der Waals surface area contributed by atoms with Gasteiger partial charge in [0.1, 0.15) is 6.04 Å². The average molecular weight is 437 g/mol. The summed E-state index contributed by atoms with van der Waals surface area (Å²) >= 11 is 0. The monoisotopic (exact) mass is 437 g/mol. The first-order valence-corrected chi connectivity index (χ1v) is 10.7. The van der Waals surface area contributed by atoms with Crippen molar-refractivity contribution in [2.45, 2.75) is 32.4 Å². The van der Waals surface area contributed by atoms with Crippen molar-refractivity contribution >= 4 is 23.4 Å². The van der Waals surface area contributed by atoms with Gasteiger partial charge < -0.3 is 4.90 Å². The molecule has 0 radical (unpaired) electrons. The second-order valence-electron chi connectivity index (χ2n) is 8.11. The fraction of sp³-hybridized carbons (Fsp3) is 0.185. The predicted molar refractivity (Wildman–Crippen MR) is 124 cm³/mol. The van der Waals surface area contributed by atoms with E-state index in [1.54, 1.807) is 36.4 Å². The van der Waals surface area contributed by atoms with E-state index in [1.165, 1.54) is 4.90 Å². The quantitative estimate of drug-likeness (QED) is 0.554. The molecule has 2 atom stereocenters. The van der Waals surface area contributed by atoms with Gasteiger partial charge in [-0.25, -0.2) is 4.90 Å². The van der Waals surface area contributed by atoms with Crippen molar-refractivity contribution in [3.8, 4) is 6.07 Å². The van der Waals surface area contributed by atoms with Gasteiger partial charge in [0.05, 0.1) is 29.8 Å². The zero-order valence-corrected chi connectivity index (χ0v) is 18.4. The van der Waals surface area contributed by atoms with Gasteiger partial charge in [0.25, 0.3) is 11.8 Å². The number of nitrogens with zero attached hydrogens (tertiary/aromatic N) is 3. The maximum absolute atomic E-state index is 13.6. The van der Waals surface area contributed by atoms with Gasteiger partial charge in [0, 0.05) is 5.56 Å². The Morgan fingerprint density at radius 3 is 2.24 bits per heavy atom. The molecule has 33 heavy (non-hydrogen) atoms. The molecule has 2 unspecified atom stereocenters. The number of imide groups is 1. The van der Waals surface area contributed by atoms with Crippen molar-refractivity contribution in [1.82, 2.24) is 4.90 Å². The Labute approximate surface area is 192 Å². The third-order valence-corrected chi connectivity index (χ3v) is 5.95. The summed E-state index contributed by atoms with van der Waals surface area (Å²) in [5.74, 6) is -1.14. The number of rotatable bonds is 5. The Balaban J connectivity index is 1.72. The summed E-state index contributed by atoms with van der Waals surface area (Å²) in [5, 5.41) is 9.03. The molecule has 164 valence electrons. The fourth-order valence-electron chi connectivity index (χ4n) is 4.11. The fourth-order valence-corrected chi connectivity index (χ4v) is 4.11. The molecule has 0 saturated carbocycles. The van der Waals surface area contributed by atoms with Gasteiger partial charge in [-0.15, -0.1) is 0 Å². The van der Waals surface area contributed by atoms with Crippen molar-refractivity contribution in [1.29, 1.82) is 5.26 Å². The van der Waals surface area contributed by atoms with Crippen LogP contribution in [0.25, 0.3) is 0 Å². The van der Waals surface area contributed by atoms with Crippen LogP contribution in [0.1, 0.15) is 46.4 Å². The molecule has 0 spiro atoms. The molecule has 0 aliphatic carbocycles. The third kappa shape index (κ3) is 4.26. The largest absolute Gasteiger partial charge is 0.319 e. The minimum Gasteiger partial charge on any atom is -0.319 e. The molecule has 0 aromatic heterocycles. The van der Waals surface area contributed by atoms with E-state index in [0.717, 1.165) is 16.0 Å². The second-order valence-corrected chi connectivity index (χ2v) is 8.11. The van der Waals surface area contributed by atoms with E-state index in [0.29, 0.717) is 16.8 Å². The van der Waals surface area contributed by atoms with Crippen molar-refractivity contribution in [2.24, 2.45) is 0 Å². The maximum Gasteiger partial charge on any atom is 0.257 e. The Kier molecular flexibility index (Phi) is 6.05. The Morgan fingerprint density at radius 2 is 1.64 bits per heavy atom. The highest BCUT2D eigenvalue weighted by Crippen LogP contribution is 2.32. The zero-order valence-electron chi connectivity index (χ0n) is 18.4. The summed E-state index contributed by atoms with van der Waals surface area (Å²) in [5.41, 5.74) is 3.17. The lowest BCUT2D eigenvalue weighted by molar-refractivity contribution is -0.122. The predicted octanol–water partition coefficient (Wildman–Crippen LogP) is 4.40. The molecule has 1 fully saturated rings. The van der Waals surface area contributed by atoms with Crippen molar-refractivity contribution in [3.63, 3.8) is 0 Å². The number of nitriles is 1. The van der Waals surface area contributed by atoms with E-state index in [1.807, 2.05) is 62.4 Å². The van der Waals surface area contributed by atoms with Crippen LogP contribution in [-0.4, -0.2) is 28.7 Å². The number of carbonyl (C=O) groups is 3. The lowest BCUT2D eigenvalue weighted by Crippen LogP contribution is -2.46. The van der Waals surface area contributed by atoms with E-state index in [2.05, 4.69) is 0 Å². The Bertz CT molecular complexity index is 1230. The molecule has 1 aliphatic heterocycles. The van der Waals surface area contributed by atoms with Gasteiger partial charge in [-0.05, 0) is 55.8 Å². The molecule has 6 heteroatoms. The van der Waals surface area contributed by atoms with Crippen LogP contribution in [0, 0.1) is 18.3 Å². The Hall–Kier alpha value is -4.24. The Morgan fingerprint density at radius 1 is 1.00 bits per heavy atom. The highest BCUT2D eigenvalue weighted by Gasteiger charge is 2.46. The average Bonchev–Trinajstić information content (AvgIpc) is 3.13. The summed E-state index contributed by atoms with van der Waals surface area (Å²) < 4.78 is 0. The molecule has 4 rings (SSSR count). The van der Waals surface area contributed by atoms with Crippen LogP contribution in [0.15, 0.2) is 78.9 Å². The SMILES string of the molecule is Cc1ccc(C(=O)N(C2CC(=O)N(c3ccc(C#N)cc3)C2=O)C(C)c2ccccc2)cc1. The van der Waals surface area contributed by atoms with E-state index in [4.69, 9.17) is 5.26 Å². The molecule has 1 heterocycles. The molecule has 0 N–H and O–H groups in total. The molecule has 0 bridgehead atoms. The van der Waals surface area contributed by atoms with Gasteiger partial charge in [-0.1, -0.05) is 48.0 Å². The van der Waals surface area contributed by atoms with E-state index in [9.17, 15) is 14.4 Å². The van der Waals surface area contributed by atoms with E-state index in [-0.39, 0.29) is 18.2 Å². The first-order chi connectivity index (χ1) is 15.9. The number of carbonyl (C=O) groups excluding carboxylic acids is 3. The molecule has 3 amide bonds. The van der Waals surface area contributed by atoms with Crippen LogP contribution < -0.4 is 4.90 Å². The summed E-state index contributed by atoms with van der Waals surface area (Å²) in [6.45, 7) is 3.80. The lowest BCUT2D eigenvalue weighted by atomic mass is 10.0. The highest BCUT2D eigenvalue weighted by atomic mass is 16.2. The van der Waals surface area contributed by atoms with Gasteiger partial charge in [0.15, 0.2) is 0 Å². The molecule has 6 nitrogen and oxygen atoms in total. The molecule has 1 saturated heterocycles. The number of hydrogen-bond donors (Lipinski definition) is 0. The standard InChI is InChI=1S/C27H23N3O3/c1-18-8-12-22(13-9-18)26(32)29(19(2)21-6-4-3-5-7-21)24-16-25(31)30(27(24)33)23-14-10-20(17-28)11-15-23/h3-15,19,24H,16H2,1-2H3. The normalized spacial score (nSPS) is 16.4. The molecular weight excluding hydrogens is 414 g/mol. The first-order valence-electron chi connectivity index (χ1n) is 10.7. The van der Waals surface area contributed by atoms with Crippen molar-refractivity contribution in [3.05, 3.63) is 101 Å². The van der Waals surface area contributed by atoms with Crippen LogP contribution in [0.3, 0.4) is 0 Å². The van der Waals surface area contributed by atoms with E-state index < -0.39 is 18.0 Å². The lowest BCUT2D eigenvalue weighted by Gasteiger charge is -2.33. The first kappa shape index (κ1) is 22.0. The smallest absolute Gasteiger partial charge is 0.257 e. The highest BCUT2D eigenvalue weighted by molar-refractivity contribution is 6.23. The topological polar surface area (TPSA) is 81.5 Å². The molecular formula is C27H23N3O3. The molecule has 3 aromatic carbocycles. The van der Waals surface area contributed by atoms with Crippen molar-refractivity contribution in [2.75, 3.05) is 4.90 Å². The van der Waals surface area contributed by atoms with Crippen molar-refractivity contribution < 1.29 is 14.4 Å². The van der Waals surface area contributed by atoms with Crippen LogP contribution >= 0.6 is 0 Å². The van der Waals surface area contributed by atoms with E-state index >= 15 is 0 Å². The second kappa shape index (κ2) is 9.09. The van der Waals surface area contributed by atoms with Gasteiger partial charge in [-0.3, -0.25) is 14.4 Å². The van der Waals surface area contributed by atoms with Gasteiger partial charge in [-0.2, -0.15) is 5.26 Å². The van der Waals surface area contributed by atoms with Crippen LogP contribution in [0.4, 0.5) is 5.69 Å². The van der Waals surface area contributed by atoms with Gasteiger partial charge in [0.2, 0.25) is 5.91 Å². The summed E-state index contributed by atoms with van der Waals surface area (Å²) in [6, 6.07) is 23.6. The zero-order chi connectivity index (χ0) is 23.5.